The number of anilines is 2. The number of carbonyl (C=O) groups is 2. The highest BCUT2D eigenvalue weighted by Gasteiger charge is 2.36. The number of fused-ring (bicyclic) bond motifs is 1. The number of hydrogen-bond acceptors (Lipinski definition) is 9. The molecule has 0 spiro atoms. The number of thioether (sulfide) groups is 1. The van der Waals surface area contributed by atoms with E-state index < -0.39 is 6.04 Å². The van der Waals surface area contributed by atoms with Crippen molar-refractivity contribution in [3.05, 3.63) is 57.7 Å². The quantitative estimate of drug-likeness (QED) is 0.135. The van der Waals surface area contributed by atoms with Gasteiger partial charge in [0.05, 0.1) is 29.4 Å². The molecule has 4 rings (SSSR count). The molecular weight excluding hydrogens is 660 g/mol. The summed E-state index contributed by atoms with van der Waals surface area (Å²) in [4.78, 5) is 33.2. The number of likely N-dealkylation sites (N-methyl/N-ethyl adjacent to an activating group) is 1. The third kappa shape index (κ3) is 7.93. The highest BCUT2D eigenvalue weighted by molar-refractivity contribution is 9.10. The molecule has 0 saturated carbocycles. The van der Waals surface area contributed by atoms with Crippen LogP contribution in [0.5, 0.6) is 17.2 Å². The number of para-hydroxylation sites is 2. The summed E-state index contributed by atoms with van der Waals surface area (Å²) in [7, 11) is 1.54. The number of benzene rings is 2. The van der Waals surface area contributed by atoms with Gasteiger partial charge in [0.2, 0.25) is 11.1 Å². The topological polar surface area (TPSA) is 120 Å². The molecule has 45 heavy (non-hydrogen) atoms. The fourth-order valence-electron chi connectivity index (χ4n) is 4.98. The molecule has 1 aromatic heterocycles. The number of nitrogens with zero attached hydrogens (tertiary/aromatic N) is 4. The number of rotatable bonds is 15. The molecule has 13 heteroatoms. The van der Waals surface area contributed by atoms with Crippen LogP contribution in [-0.4, -0.2) is 70.6 Å². The average Bonchev–Trinajstić information content (AvgIpc) is 3.43. The van der Waals surface area contributed by atoms with Crippen LogP contribution < -0.4 is 24.8 Å². The van der Waals surface area contributed by atoms with Crippen LogP contribution in [-0.2, 0) is 9.59 Å². The van der Waals surface area contributed by atoms with E-state index in [0.717, 1.165) is 18.6 Å². The van der Waals surface area contributed by atoms with Gasteiger partial charge >= 0.3 is 0 Å². The van der Waals surface area contributed by atoms with Crippen molar-refractivity contribution in [2.45, 2.75) is 58.7 Å². The number of hydrogen-bond donors (Lipinski definition) is 2. The predicted molar refractivity (Wildman–Crippen MR) is 180 cm³/mol. The van der Waals surface area contributed by atoms with Crippen molar-refractivity contribution in [1.29, 1.82) is 0 Å². The number of aromatic nitrogens is 3. The van der Waals surface area contributed by atoms with E-state index >= 15 is 0 Å². The number of amides is 2. The fourth-order valence-corrected chi connectivity index (χ4v) is 6.47. The molecule has 3 aromatic rings. The summed E-state index contributed by atoms with van der Waals surface area (Å²) in [6.07, 6.45) is 2.11. The van der Waals surface area contributed by atoms with Crippen molar-refractivity contribution in [2.24, 2.45) is 0 Å². The van der Waals surface area contributed by atoms with Crippen LogP contribution in [0.3, 0.4) is 0 Å². The molecule has 1 unspecified atom stereocenters. The van der Waals surface area contributed by atoms with Crippen LogP contribution in [0.25, 0.3) is 0 Å². The number of ether oxygens (including phenoxy) is 3. The molecular formula is C32H41BrN6O5S. The van der Waals surface area contributed by atoms with E-state index in [1.807, 2.05) is 58.0 Å². The minimum absolute atomic E-state index is 0.124. The van der Waals surface area contributed by atoms with Crippen LogP contribution in [0.15, 0.2) is 57.3 Å². The lowest BCUT2D eigenvalue weighted by molar-refractivity contribution is -0.133. The molecule has 1 aliphatic rings. The standard InChI is InChI=1S/C32H41BrN6O5S/c1-7-11-16-45-32-36-31-34-20(5)27(30(41)35-23-14-12-13-15-24(23)43-10-4)28(39(31)37-32)21-17-22(33)29(25(18-21)42-6)44-19-26(40)38(8-2)9-3/h12-15,17-18,28H,7-11,16,19H2,1-6H3,(H,35,41)(H,34,36,37). The first kappa shape index (κ1) is 34.2. The molecule has 242 valence electrons. The van der Waals surface area contributed by atoms with Gasteiger partial charge in [-0.05, 0) is 79.9 Å². The summed E-state index contributed by atoms with van der Waals surface area (Å²) in [5.74, 6) is 2.35. The van der Waals surface area contributed by atoms with Gasteiger partial charge in [0.25, 0.3) is 11.8 Å². The predicted octanol–water partition coefficient (Wildman–Crippen LogP) is 6.51. The fraction of sp³-hybridized carbons (Fsp3) is 0.438. The largest absolute Gasteiger partial charge is 0.493 e. The Morgan fingerprint density at radius 1 is 1.11 bits per heavy atom. The molecule has 0 bridgehead atoms. The lowest BCUT2D eigenvalue weighted by atomic mass is 9.94. The Hall–Kier alpha value is -3.71. The van der Waals surface area contributed by atoms with Crippen LogP contribution >= 0.6 is 27.7 Å². The first-order valence-corrected chi connectivity index (χ1v) is 16.9. The Labute approximate surface area is 277 Å². The normalized spacial score (nSPS) is 14.0. The zero-order valence-corrected chi connectivity index (χ0v) is 29.0. The molecule has 2 heterocycles. The number of allylic oxidation sites excluding steroid dienone is 1. The number of unbranched alkanes of at least 4 members (excludes halogenated alkanes) is 1. The molecule has 2 N–H and O–H groups in total. The zero-order chi connectivity index (χ0) is 32.5. The van der Waals surface area contributed by atoms with Gasteiger partial charge in [-0.15, -0.1) is 5.10 Å². The summed E-state index contributed by atoms with van der Waals surface area (Å²) in [5, 5.41) is 11.8. The lowest BCUT2D eigenvalue weighted by Gasteiger charge is -2.29. The summed E-state index contributed by atoms with van der Waals surface area (Å²) in [6.45, 7) is 11.3. The first-order chi connectivity index (χ1) is 21.8. The van der Waals surface area contributed by atoms with Crippen LogP contribution in [0.4, 0.5) is 11.6 Å². The Morgan fingerprint density at radius 2 is 1.87 bits per heavy atom. The van der Waals surface area contributed by atoms with Crippen LogP contribution in [0.1, 0.15) is 59.1 Å². The monoisotopic (exact) mass is 700 g/mol. The number of halogens is 1. The lowest BCUT2D eigenvalue weighted by Crippen LogP contribution is -2.34. The first-order valence-electron chi connectivity index (χ1n) is 15.1. The van der Waals surface area contributed by atoms with E-state index in [2.05, 4.69) is 33.5 Å². The van der Waals surface area contributed by atoms with Gasteiger partial charge < -0.3 is 29.7 Å². The van der Waals surface area contributed by atoms with E-state index in [9.17, 15) is 9.59 Å². The van der Waals surface area contributed by atoms with Gasteiger partial charge in [-0.3, -0.25) is 9.59 Å². The molecule has 2 aromatic carbocycles. The SMILES string of the molecule is CCCCSc1nc2n(n1)C(c1cc(Br)c(OCC(=O)N(CC)CC)c(OC)c1)C(C(=O)Nc1ccccc1OCC)=C(C)N2. The number of nitrogens with one attached hydrogen (secondary N) is 2. The maximum absolute atomic E-state index is 14.1. The number of carbonyl (C=O) groups excluding carboxylic acids is 2. The van der Waals surface area contributed by atoms with Gasteiger partial charge in [-0.1, -0.05) is 37.2 Å². The summed E-state index contributed by atoms with van der Waals surface area (Å²) < 4.78 is 19.8. The minimum atomic E-state index is -0.662. The molecule has 2 amide bonds. The van der Waals surface area contributed by atoms with Gasteiger partial charge in [-0.2, -0.15) is 4.98 Å². The second-order valence-electron chi connectivity index (χ2n) is 10.2. The third-order valence-electron chi connectivity index (χ3n) is 7.27. The zero-order valence-electron chi connectivity index (χ0n) is 26.6. The summed E-state index contributed by atoms with van der Waals surface area (Å²) >= 11 is 5.22. The molecule has 1 atom stereocenters. The second-order valence-corrected chi connectivity index (χ2v) is 12.1. The summed E-state index contributed by atoms with van der Waals surface area (Å²) in [5.41, 5.74) is 2.35. The van der Waals surface area contributed by atoms with Gasteiger partial charge in [0.15, 0.2) is 18.1 Å². The minimum Gasteiger partial charge on any atom is -0.493 e. The third-order valence-corrected chi connectivity index (χ3v) is 8.78. The summed E-state index contributed by atoms with van der Waals surface area (Å²) in [6, 6.07) is 10.3. The van der Waals surface area contributed by atoms with E-state index in [4.69, 9.17) is 24.3 Å². The van der Waals surface area contributed by atoms with Gasteiger partial charge in [0.1, 0.15) is 11.8 Å². The Balaban J connectivity index is 1.76. The van der Waals surface area contributed by atoms with E-state index in [-0.39, 0.29) is 18.4 Å². The molecule has 1 aliphatic heterocycles. The molecule has 11 nitrogen and oxygen atoms in total. The van der Waals surface area contributed by atoms with Crippen molar-refractivity contribution in [2.75, 3.05) is 49.8 Å². The maximum Gasteiger partial charge on any atom is 0.260 e. The second kappa shape index (κ2) is 16.0. The Morgan fingerprint density at radius 3 is 2.56 bits per heavy atom. The van der Waals surface area contributed by atoms with Gasteiger partial charge in [-0.25, -0.2) is 4.68 Å². The molecule has 0 aliphatic carbocycles. The Bertz CT molecular complexity index is 1540. The molecule has 0 saturated heterocycles. The smallest absolute Gasteiger partial charge is 0.260 e. The molecule has 0 radical (unpaired) electrons. The molecule has 0 fully saturated rings. The van der Waals surface area contributed by atoms with E-state index in [1.165, 1.54) is 7.11 Å². The van der Waals surface area contributed by atoms with Crippen molar-refractivity contribution in [3.8, 4) is 17.2 Å². The number of methoxy groups -OCH3 is 1. The highest BCUT2D eigenvalue weighted by atomic mass is 79.9. The maximum atomic E-state index is 14.1. The highest BCUT2D eigenvalue weighted by Crippen LogP contribution is 2.43. The van der Waals surface area contributed by atoms with Gasteiger partial charge in [0, 0.05) is 24.5 Å². The van der Waals surface area contributed by atoms with Crippen LogP contribution in [0, 0.1) is 0 Å². The van der Waals surface area contributed by atoms with Crippen molar-refractivity contribution >= 4 is 51.1 Å². The van der Waals surface area contributed by atoms with E-state index in [0.29, 0.717) is 75.0 Å². The van der Waals surface area contributed by atoms with Crippen LogP contribution in [0.2, 0.25) is 0 Å². The Kier molecular flexibility index (Phi) is 12.2. The van der Waals surface area contributed by atoms with Crippen molar-refractivity contribution in [3.63, 3.8) is 0 Å². The van der Waals surface area contributed by atoms with Crippen molar-refractivity contribution < 1.29 is 23.8 Å². The van der Waals surface area contributed by atoms with E-state index in [1.54, 1.807) is 27.4 Å². The average molecular weight is 702 g/mol. The van der Waals surface area contributed by atoms with Crippen molar-refractivity contribution in [1.82, 2.24) is 19.7 Å².